The number of hydrogen-bond donors (Lipinski definition) is 1. The van der Waals surface area contributed by atoms with Crippen LogP contribution in [0.1, 0.15) is 21.5 Å². The number of rotatable bonds is 7. The van der Waals surface area contributed by atoms with Crippen molar-refractivity contribution in [3.8, 4) is 5.75 Å². The summed E-state index contributed by atoms with van der Waals surface area (Å²) in [5.74, 6) is 0.233. The first kappa shape index (κ1) is 19.2. The summed E-state index contributed by atoms with van der Waals surface area (Å²) in [7, 11) is 0. The molecule has 4 rings (SSSR count). The summed E-state index contributed by atoms with van der Waals surface area (Å²) in [6.07, 6.45) is 0.0403. The summed E-state index contributed by atoms with van der Waals surface area (Å²) >= 11 is 0. The van der Waals surface area contributed by atoms with E-state index in [1.807, 2.05) is 48.5 Å². The maximum absolute atomic E-state index is 13.0. The number of amides is 1. The molecule has 0 unspecified atom stereocenters. The second kappa shape index (κ2) is 8.88. The summed E-state index contributed by atoms with van der Waals surface area (Å²) in [5, 5.41) is 2.95. The molecule has 0 aliphatic carbocycles. The molecule has 1 amide bonds. The van der Waals surface area contributed by atoms with E-state index in [1.54, 1.807) is 18.2 Å². The number of carbonyl (C=O) groups is 1. The lowest BCUT2D eigenvalue weighted by molar-refractivity contribution is 0.0140. The lowest BCUT2D eigenvalue weighted by atomic mass is 10.1. The van der Waals surface area contributed by atoms with Crippen LogP contribution in [-0.2, 0) is 13.1 Å². The second-order valence-electron chi connectivity index (χ2n) is 7.22. The van der Waals surface area contributed by atoms with Gasteiger partial charge in [-0.15, -0.1) is 0 Å². The molecule has 1 aliphatic heterocycles. The predicted octanol–water partition coefficient (Wildman–Crippen LogP) is 4.02. The minimum atomic E-state index is -0.222. The summed E-state index contributed by atoms with van der Waals surface area (Å²) in [6.45, 7) is 2.79. The maximum Gasteiger partial charge on any atom is 0.255 e. The van der Waals surface area contributed by atoms with E-state index in [4.69, 9.17) is 4.74 Å². The fourth-order valence-electron chi connectivity index (χ4n) is 3.38. The van der Waals surface area contributed by atoms with E-state index in [0.29, 0.717) is 17.9 Å². The number of benzene rings is 3. The topological polar surface area (TPSA) is 41.6 Å². The fraction of sp³-hybridized carbons (Fsp3) is 0.208. The molecule has 0 saturated carbocycles. The van der Waals surface area contributed by atoms with Gasteiger partial charge in [0.15, 0.2) is 0 Å². The number of nitrogens with zero attached hydrogens (tertiary/aromatic N) is 1. The number of nitrogens with one attached hydrogen (secondary N) is 1. The highest BCUT2D eigenvalue weighted by Gasteiger charge is 2.29. The van der Waals surface area contributed by atoms with Crippen molar-refractivity contribution in [1.82, 2.24) is 10.2 Å². The summed E-state index contributed by atoms with van der Waals surface area (Å²) < 4.78 is 19.1. The van der Waals surface area contributed by atoms with Gasteiger partial charge in [-0.25, -0.2) is 4.39 Å². The Balaban J connectivity index is 1.31. The van der Waals surface area contributed by atoms with Gasteiger partial charge in [0.25, 0.3) is 5.91 Å². The van der Waals surface area contributed by atoms with Crippen LogP contribution >= 0.6 is 0 Å². The molecule has 0 aromatic heterocycles. The van der Waals surface area contributed by atoms with Crippen molar-refractivity contribution in [3.05, 3.63) is 101 Å². The maximum atomic E-state index is 13.0. The molecule has 148 valence electrons. The van der Waals surface area contributed by atoms with Gasteiger partial charge in [-0.2, -0.15) is 0 Å². The van der Waals surface area contributed by atoms with Crippen molar-refractivity contribution in [2.45, 2.75) is 19.2 Å². The quantitative estimate of drug-likeness (QED) is 0.663. The van der Waals surface area contributed by atoms with Gasteiger partial charge < -0.3 is 10.1 Å². The molecule has 0 atom stereocenters. The van der Waals surface area contributed by atoms with Gasteiger partial charge >= 0.3 is 0 Å². The average molecular weight is 390 g/mol. The Morgan fingerprint density at radius 3 is 2.38 bits per heavy atom. The van der Waals surface area contributed by atoms with Gasteiger partial charge in [-0.3, -0.25) is 9.69 Å². The zero-order valence-corrected chi connectivity index (χ0v) is 16.1. The molecular weight excluding hydrogens is 367 g/mol. The molecule has 1 aliphatic rings. The number of halogens is 1. The van der Waals surface area contributed by atoms with Gasteiger partial charge in [-0.05, 0) is 35.4 Å². The molecule has 0 spiro atoms. The van der Waals surface area contributed by atoms with Crippen molar-refractivity contribution in [1.29, 1.82) is 0 Å². The van der Waals surface area contributed by atoms with E-state index in [0.717, 1.165) is 30.8 Å². The third kappa shape index (κ3) is 5.00. The number of ether oxygens (including phenoxy) is 1. The first-order chi connectivity index (χ1) is 14.2. The van der Waals surface area contributed by atoms with Crippen LogP contribution in [0.15, 0.2) is 78.9 Å². The van der Waals surface area contributed by atoms with E-state index in [9.17, 15) is 9.18 Å². The molecule has 4 nitrogen and oxygen atoms in total. The smallest absolute Gasteiger partial charge is 0.255 e. The summed E-state index contributed by atoms with van der Waals surface area (Å²) in [5.41, 5.74) is 2.67. The largest absolute Gasteiger partial charge is 0.487 e. The molecule has 0 bridgehead atoms. The van der Waals surface area contributed by atoms with Gasteiger partial charge in [0, 0.05) is 26.2 Å². The number of hydrogen-bond acceptors (Lipinski definition) is 3. The van der Waals surface area contributed by atoms with Gasteiger partial charge in [-0.1, -0.05) is 54.6 Å². The van der Waals surface area contributed by atoms with Gasteiger partial charge in [0.1, 0.15) is 17.7 Å². The average Bonchev–Trinajstić information content (AvgIpc) is 2.73. The molecule has 1 N–H and O–H groups in total. The Morgan fingerprint density at radius 1 is 0.931 bits per heavy atom. The van der Waals surface area contributed by atoms with Crippen LogP contribution < -0.4 is 10.1 Å². The zero-order valence-electron chi connectivity index (χ0n) is 16.1. The van der Waals surface area contributed by atoms with Crippen LogP contribution in [0.3, 0.4) is 0 Å². The Labute approximate surface area is 169 Å². The van der Waals surface area contributed by atoms with E-state index in [2.05, 4.69) is 10.2 Å². The molecule has 0 radical (unpaired) electrons. The third-order valence-electron chi connectivity index (χ3n) is 4.96. The van der Waals surface area contributed by atoms with Gasteiger partial charge in [0.2, 0.25) is 0 Å². The van der Waals surface area contributed by atoms with Crippen molar-refractivity contribution in [2.24, 2.45) is 0 Å². The van der Waals surface area contributed by atoms with Crippen LogP contribution in [-0.4, -0.2) is 30.0 Å². The zero-order chi connectivity index (χ0) is 20.1. The van der Waals surface area contributed by atoms with Crippen molar-refractivity contribution >= 4 is 5.91 Å². The second-order valence-corrected chi connectivity index (χ2v) is 7.22. The van der Waals surface area contributed by atoms with E-state index >= 15 is 0 Å². The molecule has 1 heterocycles. The predicted molar refractivity (Wildman–Crippen MR) is 110 cm³/mol. The van der Waals surface area contributed by atoms with Crippen LogP contribution in [0.4, 0.5) is 4.39 Å². The summed E-state index contributed by atoms with van der Waals surface area (Å²) in [6, 6.07) is 23.7. The van der Waals surface area contributed by atoms with Crippen LogP contribution in [0.5, 0.6) is 5.75 Å². The molecule has 3 aromatic carbocycles. The number of carbonyl (C=O) groups excluding carboxylic acids is 1. The molecule has 3 aromatic rings. The van der Waals surface area contributed by atoms with Crippen LogP contribution in [0.25, 0.3) is 0 Å². The molecule has 29 heavy (non-hydrogen) atoms. The Hall–Kier alpha value is -3.18. The lowest BCUT2D eigenvalue weighted by Gasteiger charge is -2.39. The standard InChI is InChI=1S/C24H23FN2O2/c25-20-12-10-19(11-13-20)15-27-16-21(17-27)29-23-9-5-4-8-22(23)24(28)26-14-18-6-2-1-3-7-18/h1-13,21H,14-17H2,(H,26,28). The van der Waals surface area contributed by atoms with Crippen LogP contribution in [0, 0.1) is 5.82 Å². The minimum Gasteiger partial charge on any atom is -0.487 e. The van der Waals surface area contributed by atoms with E-state index < -0.39 is 0 Å². The number of likely N-dealkylation sites (tertiary alicyclic amines) is 1. The highest BCUT2D eigenvalue weighted by molar-refractivity contribution is 5.96. The van der Waals surface area contributed by atoms with E-state index in [1.165, 1.54) is 12.1 Å². The summed E-state index contributed by atoms with van der Waals surface area (Å²) in [4.78, 5) is 14.9. The minimum absolute atomic E-state index is 0.0403. The lowest BCUT2D eigenvalue weighted by Crippen LogP contribution is -2.53. The molecule has 5 heteroatoms. The molecular formula is C24H23FN2O2. The third-order valence-corrected chi connectivity index (χ3v) is 4.96. The Kier molecular flexibility index (Phi) is 5.86. The van der Waals surface area contributed by atoms with Crippen molar-refractivity contribution < 1.29 is 13.9 Å². The highest BCUT2D eigenvalue weighted by atomic mass is 19.1. The SMILES string of the molecule is O=C(NCc1ccccc1)c1ccccc1OC1CN(Cc2ccc(F)cc2)C1. The first-order valence-electron chi connectivity index (χ1n) is 9.72. The molecule has 1 fully saturated rings. The highest BCUT2D eigenvalue weighted by Crippen LogP contribution is 2.24. The molecule has 1 saturated heterocycles. The monoisotopic (exact) mass is 390 g/mol. The van der Waals surface area contributed by atoms with Crippen molar-refractivity contribution in [3.63, 3.8) is 0 Å². The van der Waals surface area contributed by atoms with E-state index in [-0.39, 0.29) is 17.8 Å². The Bertz CT molecular complexity index is 954. The van der Waals surface area contributed by atoms with Crippen molar-refractivity contribution in [2.75, 3.05) is 13.1 Å². The van der Waals surface area contributed by atoms with Gasteiger partial charge in [0.05, 0.1) is 5.56 Å². The van der Waals surface area contributed by atoms with Crippen LogP contribution in [0.2, 0.25) is 0 Å². The Morgan fingerprint density at radius 2 is 1.62 bits per heavy atom. The fourth-order valence-corrected chi connectivity index (χ4v) is 3.38. The normalized spacial score (nSPS) is 14.2. The first-order valence-corrected chi connectivity index (χ1v) is 9.72. The number of para-hydroxylation sites is 1.